The van der Waals surface area contributed by atoms with Gasteiger partial charge in [-0.25, -0.2) is 0 Å². The summed E-state index contributed by atoms with van der Waals surface area (Å²) in [4.78, 5) is 1.76. The van der Waals surface area contributed by atoms with E-state index in [-0.39, 0.29) is 0 Å². The van der Waals surface area contributed by atoms with E-state index in [4.69, 9.17) is 0 Å². The van der Waals surface area contributed by atoms with Crippen LogP contribution in [0.1, 0.15) is 50.2 Å². The Hall–Kier alpha value is -1.07. The summed E-state index contributed by atoms with van der Waals surface area (Å²) in [5, 5.41) is 11.3. The lowest BCUT2D eigenvalue weighted by atomic mass is 9.61. The second-order valence-corrected chi connectivity index (χ2v) is 6.43. The molecule has 0 aromatic heterocycles. The Morgan fingerprint density at radius 1 is 1.18 bits per heavy atom. The van der Waals surface area contributed by atoms with Crippen molar-refractivity contribution in [1.29, 1.82) is 0 Å². The van der Waals surface area contributed by atoms with Crippen molar-refractivity contribution in [3.63, 3.8) is 0 Å². The average molecular weight is 315 g/mol. The molecule has 22 heavy (non-hydrogen) atoms. The van der Waals surface area contributed by atoms with Gasteiger partial charge in [0, 0.05) is 5.41 Å². The summed E-state index contributed by atoms with van der Waals surface area (Å²) in [5.74, 6) is 0. The second-order valence-electron chi connectivity index (χ2n) is 6.43. The molecule has 2 unspecified atom stereocenters. The molecule has 2 rings (SSSR count). The van der Waals surface area contributed by atoms with E-state index in [1.54, 1.807) is 25.1 Å². The third-order valence-corrected chi connectivity index (χ3v) is 5.23. The summed E-state index contributed by atoms with van der Waals surface area (Å²) in [5.41, 5.74) is -1.86. The van der Waals surface area contributed by atoms with E-state index in [2.05, 4.69) is 0 Å². The first-order chi connectivity index (χ1) is 10.2. The first-order valence-corrected chi connectivity index (χ1v) is 7.75. The highest BCUT2D eigenvalue weighted by molar-refractivity contribution is 5.35. The van der Waals surface area contributed by atoms with E-state index in [1.165, 1.54) is 12.1 Å². The molecule has 0 spiro atoms. The molecule has 1 aliphatic rings. The van der Waals surface area contributed by atoms with Gasteiger partial charge in [-0.1, -0.05) is 31.5 Å². The van der Waals surface area contributed by atoms with Crippen LogP contribution in [0.5, 0.6) is 0 Å². The number of benzene rings is 1. The van der Waals surface area contributed by atoms with E-state index in [0.717, 1.165) is 18.9 Å². The first kappa shape index (κ1) is 17.3. The molecule has 0 amide bonds. The fourth-order valence-corrected chi connectivity index (χ4v) is 3.92. The van der Waals surface area contributed by atoms with E-state index < -0.39 is 22.9 Å². The molecule has 5 heteroatoms. The van der Waals surface area contributed by atoms with Crippen LogP contribution in [0, 0.1) is 0 Å². The fraction of sp³-hybridized carbons (Fsp3) is 0.647. The molecule has 1 aromatic rings. The van der Waals surface area contributed by atoms with E-state index in [0.29, 0.717) is 24.8 Å². The van der Waals surface area contributed by atoms with Gasteiger partial charge in [0.15, 0.2) is 0 Å². The lowest BCUT2D eigenvalue weighted by molar-refractivity contribution is -0.168. The summed E-state index contributed by atoms with van der Waals surface area (Å²) >= 11 is 0. The maximum absolute atomic E-state index is 13.0. The standard InChI is InChI=1S/C17H24F3NO/c1-4-15(10-5-6-11-16(15,22)21(2)3)13-8-7-9-14(12-13)17(18,19)20/h7-9,12,22H,4-6,10-11H2,1-3H3. The van der Waals surface area contributed by atoms with Gasteiger partial charge in [0.2, 0.25) is 0 Å². The van der Waals surface area contributed by atoms with Gasteiger partial charge in [0.1, 0.15) is 5.72 Å². The van der Waals surface area contributed by atoms with Gasteiger partial charge in [-0.3, -0.25) is 4.90 Å². The van der Waals surface area contributed by atoms with Gasteiger partial charge in [0.05, 0.1) is 5.56 Å². The van der Waals surface area contributed by atoms with Crippen molar-refractivity contribution in [2.75, 3.05) is 14.1 Å². The van der Waals surface area contributed by atoms with Gasteiger partial charge >= 0.3 is 6.18 Å². The number of rotatable bonds is 3. The summed E-state index contributed by atoms with van der Waals surface area (Å²) in [6, 6.07) is 5.46. The topological polar surface area (TPSA) is 23.5 Å². The van der Waals surface area contributed by atoms with Crippen LogP contribution >= 0.6 is 0 Å². The molecular formula is C17H24F3NO. The Labute approximate surface area is 129 Å². The molecule has 1 fully saturated rings. The minimum absolute atomic E-state index is 0.573. The van der Waals surface area contributed by atoms with Gasteiger partial charge in [-0.15, -0.1) is 0 Å². The third kappa shape index (κ3) is 2.65. The zero-order valence-electron chi connectivity index (χ0n) is 13.4. The molecule has 0 heterocycles. The van der Waals surface area contributed by atoms with Gasteiger partial charge in [-0.2, -0.15) is 13.2 Å². The van der Waals surface area contributed by atoms with E-state index in [9.17, 15) is 18.3 Å². The first-order valence-electron chi connectivity index (χ1n) is 7.75. The fourth-order valence-electron chi connectivity index (χ4n) is 3.92. The van der Waals surface area contributed by atoms with Crippen molar-refractivity contribution in [3.8, 4) is 0 Å². The number of hydrogen-bond donors (Lipinski definition) is 1. The zero-order valence-corrected chi connectivity index (χ0v) is 13.4. The molecule has 0 radical (unpaired) electrons. The van der Waals surface area contributed by atoms with Crippen molar-refractivity contribution in [2.45, 2.75) is 56.3 Å². The monoisotopic (exact) mass is 315 g/mol. The van der Waals surface area contributed by atoms with Gasteiger partial charge in [0.25, 0.3) is 0 Å². The van der Waals surface area contributed by atoms with E-state index >= 15 is 0 Å². The van der Waals surface area contributed by atoms with Crippen LogP contribution in [0.3, 0.4) is 0 Å². The average Bonchev–Trinajstić information content (AvgIpc) is 2.47. The molecule has 124 valence electrons. The number of hydrogen-bond acceptors (Lipinski definition) is 2. The number of alkyl halides is 3. The third-order valence-electron chi connectivity index (χ3n) is 5.23. The number of halogens is 3. The molecule has 1 aromatic carbocycles. The number of nitrogens with zero attached hydrogens (tertiary/aromatic N) is 1. The molecule has 2 nitrogen and oxygen atoms in total. The van der Waals surface area contributed by atoms with Crippen LogP contribution in [-0.2, 0) is 11.6 Å². The van der Waals surface area contributed by atoms with Gasteiger partial charge in [-0.05, 0) is 51.4 Å². The van der Waals surface area contributed by atoms with Gasteiger partial charge < -0.3 is 5.11 Å². The Morgan fingerprint density at radius 3 is 2.36 bits per heavy atom. The Bertz CT molecular complexity index is 529. The summed E-state index contributed by atoms with van der Waals surface area (Å²) < 4.78 is 39.1. The molecule has 0 aliphatic heterocycles. The van der Waals surface area contributed by atoms with Crippen molar-refractivity contribution >= 4 is 0 Å². The molecule has 1 N–H and O–H groups in total. The molecule has 1 saturated carbocycles. The number of likely N-dealkylation sites (N-methyl/N-ethyl adjacent to an activating group) is 1. The van der Waals surface area contributed by atoms with Crippen LogP contribution in [0.4, 0.5) is 13.2 Å². The SMILES string of the molecule is CCC1(c2cccc(C(F)(F)F)c2)CCCCC1(O)N(C)C. The Balaban J connectivity index is 2.58. The zero-order chi connectivity index (χ0) is 16.6. The normalized spacial score (nSPS) is 29.8. The van der Waals surface area contributed by atoms with Crippen LogP contribution in [-0.4, -0.2) is 29.8 Å². The maximum Gasteiger partial charge on any atom is 0.416 e. The van der Waals surface area contributed by atoms with E-state index in [1.807, 2.05) is 6.92 Å². The molecule has 0 saturated heterocycles. The minimum Gasteiger partial charge on any atom is -0.375 e. The Kier molecular flexibility index (Phi) is 4.60. The smallest absolute Gasteiger partial charge is 0.375 e. The van der Waals surface area contributed by atoms with Crippen molar-refractivity contribution in [1.82, 2.24) is 4.90 Å². The lowest BCUT2D eigenvalue weighted by Crippen LogP contribution is -2.61. The van der Waals surface area contributed by atoms with Crippen molar-refractivity contribution in [2.24, 2.45) is 0 Å². The van der Waals surface area contributed by atoms with Crippen molar-refractivity contribution < 1.29 is 18.3 Å². The summed E-state index contributed by atoms with van der Waals surface area (Å²) in [6.07, 6.45) is -0.696. The minimum atomic E-state index is -4.37. The van der Waals surface area contributed by atoms with Crippen LogP contribution in [0.15, 0.2) is 24.3 Å². The Morgan fingerprint density at radius 2 is 1.82 bits per heavy atom. The van der Waals surface area contributed by atoms with Crippen LogP contribution in [0.2, 0.25) is 0 Å². The highest BCUT2D eigenvalue weighted by Gasteiger charge is 2.53. The highest BCUT2D eigenvalue weighted by Crippen LogP contribution is 2.50. The van der Waals surface area contributed by atoms with Crippen LogP contribution in [0.25, 0.3) is 0 Å². The lowest BCUT2D eigenvalue weighted by Gasteiger charge is -2.54. The summed E-state index contributed by atoms with van der Waals surface area (Å²) in [7, 11) is 3.59. The summed E-state index contributed by atoms with van der Waals surface area (Å²) in [6.45, 7) is 1.94. The highest BCUT2D eigenvalue weighted by atomic mass is 19.4. The number of aliphatic hydroxyl groups is 1. The predicted octanol–water partition coefficient (Wildman–Crippen LogP) is 4.18. The second kappa shape index (κ2) is 5.85. The molecule has 1 aliphatic carbocycles. The molecule has 0 bridgehead atoms. The molecule has 2 atom stereocenters. The quantitative estimate of drug-likeness (QED) is 0.846. The predicted molar refractivity (Wildman–Crippen MR) is 80.5 cm³/mol. The molecular weight excluding hydrogens is 291 g/mol. The largest absolute Gasteiger partial charge is 0.416 e. The van der Waals surface area contributed by atoms with Crippen molar-refractivity contribution in [3.05, 3.63) is 35.4 Å². The maximum atomic E-state index is 13.0. The van der Waals surface area contributed by atoms with Crippen LogP contribution < -0.4 is 0 Å².